The number of nitrogens with one attached hydrogen (secondary N) is 2. The SMILES string of the molecule is CSc1cc(C)nc(SC)c1NC(=O)CCCCSc1nc2ccccc2[nH]1. The molecule has 0 fully saturated rings. The molecule has 0 spiro atoms. The summed E-state index contributed by atoms with van der Waals surface area (Å²) in [6.07, 6.45) is 6.32. The minimum absolute atomic E-state index is 0.0463. The molecule has 0 atom stereocenters. The summed E-state index contributed by atoms with van der Waals surface area (Å²) < 4.78 is 0. The van der Waals surface area contributed by atoms with E-state index in [0.29, 0.717) is 6.42 Å². The number of hydrogen-bond donors (Lipinski definition) is 2. The van der Waals surface area contributed by atoms with Crippen LogP contribution < -0.4 is 5.32 Å². The van der Waals surface area contributed by atoms with E-state index < -0.39 is 0 Å². The number of anilines is 1. The van der Waals surface area contributed by atoms with Crippen molar-refractivity contribution < 1.29 is 4.79 Å². The summed E-state index contributed by atoms with van der Waals surface area (Å²) in [7, 11) is 0. The smallest absolute Gasteiger partial charge is 0.224 e. The Morgan fingerprint density at radius 2 is 1.96 bits per heavy atom. The number of carbonyl (C=O) groups is 1. The molecule has 3 aromatic rings. The molecule has 8 heteroatoms. The molecule has 0 bridgehead atoms. The van der Waals surface area contributed by atoms with E-state index in [1.165, 1.54) is 0 Å². The first-order valence-corrected chi connectivity index (χ1v) is 12.5. The van der Waals surface area contributed by atoms with E-state index in [1.54, 1.807) is 35.3 Å². The molecule has 0 aliphatic heterocycles. The summed E-state index contributed by atoms with van der Waals surface area (Å²) in [5, 5.41) is 4.88. The number of nitrogens with zero attached hydrogens (tertiary/aromatic N) is 2. The highest BCUT2D eigenvalue weighted by Crippen LogP contribution is 2.33. The third-order valence-electron chi connectivity index (χ3n) is 4.16. The Kier molecular flexibility index (Phi) is 7.70. The Hall–Kier alpha value is -1.64. The van der Waals surface area contributed by atoms with Crippen LogP contribution in [-0.4, -0.2) is 39.1 Å². The van der Waals surface area contributed by atoms with Crippen LogP contribution in [0.15, 0.2) is 45.4 Å². The van der Waals surface area contributed by atoms with Crippen molar-refractivity contribution in [3.63, 3.8) is 0 Å². The second-order valence-electron chi connectivity index (χ2n) is 6.26. The Labute approximate surface area is 178 Å². The van der Waals surface area contributed by atoms with Gasteiger partial charge < -0.3 is 10.3 Å². The summed E-state index contributed by atoms with van der Waals surface area (Å²) in [6, 6.07) is 10.0. The molecule has 0 saturated carbocycles. The highest BCUT2D eigenvalue weighted by atomic mass is 32.2. The molecule has 3 rings (SSSR count). The number of para-hydroxylation sites is 2. The maximum absolute atomic E-state index is 12.4. The number of carbonyl (C=O) groups excluding carboxylic acids is 1. The van der Waals surface area contributed by atoms with Crippen LogP contribution >= 0.6 is 35.3 Å². The zero-order valence-corrected chi connectivity index (χ0v) is 18.7. The second kappa shape index (κ2) is 10.2. The fourth-order valence-corrected chi connectivity index (χ4v) is 4.99. The van der Waals surface area contributed by atoms with Gasteiger partial charge in [0, 0.05) is 22.8 Å². The number of imidazole rings is 1. The van der Waals surface area contributed by atoms with Crippen molar-refractivity contribution in [3.8, 4) is 0 Å². The lowest BCUT2D eigenvalue weighted by Gasteiger charge is -2.13. The monoisotopic (exact) mass is 432 g/mol. The maximum Gasteiger partial charge on any atom is 0.224 e. The highest BCUT2D eigenvalue weighted by Gasteiger charge is 2.13. The lowest BCUT2D eigenvalue weighted by molar-refractivity contribution is -0.116. The third-order valence-corrected chi connectivity index (χ3v) is 6.56. The fraction of sp³-hybridized carbons (Fsp3) is 0.350. The van der Waals surface area contributed by atoms with Crippen LogP contribution in [0.4, 0.5) is 5.69 Å². The average molecular weight is 433 g/mol. The number of aromatic nitrogens is 3. The van der Waals surface area contributed by atoms with Gasteiger partial charge in [-0.2, -0.15) is 0 Å². The molecule has 2 aromatic heterocycles. The zero-order valence-electron chi connectivity index (χ0n) is 16.2. The van der Waals surface area contributed by atoms with Gasteiger partial charge >= 0.3 is 0 Å². The molecule has 0 radical (unpaired) electrons. The number of thioether (sulfide) groups is 3. The third kappa shape index (κ3) is 5.46. The van der Waals surface area contributed by atoms with Gasteiger partial charge in [-0.25, -0.2) is 9.97 Å². The number of fused-ring (bicyclic) bond motifs is 1. The number of aryl methyl sites for hydroxylation is 1. The van der Waals surface area contributed by atoms with Crippen LogP contribution in [0.5, 0.6) is 0 Å². The molecule has 28 heavy (non-hydrogen) atoms. The van der Waals surface area contributed by atoms with Crippen LogP contribution in [0, 0.1) is 6.92 Å². The van der Waals surface area contributed by atoms with Crippen molar-refractivity contribution in [2.75, 3.05) is 23.6 Å². The van der Waals surface area contributed by atoms with Gasteiger partial charge in [0.25, 0.3) is 0 Å². The Balaban J connectivity index is 1.46. The molecular formula is C20H24N4OS3. The molecule has 0 aliphatic rings. The lowest BCUT2D eigenvalue weighted by atomic mass is 10.2. The molecule has 148 valence electrons. The number of aromatic amines is 1. The summed E-state index contributed by atoms with van der Waals surface area (Å²) in [5.41, 5.74) is 3.86. The van der Waals surface area contributed by atoms with Gasteiger partial charge in [-0.1, -0.05) is 23.9 Å². The molecule has 2 N–H and O–H groups in total. The van der Waals surface area contributed by atoms with Crippen LogP contribution in [0.2, 0.25) is 0 Å². The van der Waals surface area contributed by atoms with Crippen molar-refractivity contribution in [3.05, 3.63) is 36.0 Å². The Bertz CT molecular complexity index is 900. The first kappa shape index (κ1) is 21.1. The zero-order chi connectivity index (χ0) is 19.9. The van der Waals surface area contributed by atoms with Crippen molar-refractivity contribution in [1.29, 1.82) is 0 Å². The van der Waals surface area contributed by atoms with Gasteiger partial charge in [0.15, 0.2) is 5.16 Å². The molecule has 0 saturated heterocycles. The van der Waals surface area contributed by atoms with Crippen LogP contribution in [0.3, 0.4) is 0 Å². The number of pyridine rings is 1. The summed E-state index contributed by atoms with van der Waals surface area (Å²) in [4.78, 5) is 25.9. The summed E-state index contributed by atoms with van der Waals surface area (Å²) in [6.45, 7) is 1.98. The van der Waals surface area contributed by atoms with Crippen molar-refractivity contribution >= 4 is 57.9 Å². The van der Waals surface area contributed by atoms with Gasteiger partial charge in [0.1, 0.15) is 5.03 Å². The number of unbranched alkanes of at least 4 members (excludes halogenated alkanes) is 1. The van der Waals surface area contributed by atoms with Crippen LogP contribution in [-0.2, 0) is 4.79 Å². The average Bonchev–Trinajstić information content (AvgIpc) is 3.11. The van der Waals surface area contributed by atoms with Gasteiger partial charge in [-0.15, -0.1) is 23.5 Å². The van der Waals surface area contributed by atoms with Crippen molar-refractivity contribution in [2.24, 2.45) is 0 Å². The number of amides is 1. The molecule has 1 aromatic carbocycles. The minimum Gasteiger partial charge on any atom is -0.333 e. The lowest BCUT2D eigenvalue weighted by Crippen LogP contribution is -2.13. The van der Waals surface area contributed by atoms with Crippen molar-refractivity contribution in [2.45, 2.75) is 41.3 Å². The quantitative estimate of drug-likeness (QED) is 0.338. The highest BCUT2D eigenvalue weighted by molar-refractivity contribution is 7.99. The largest absolute Gasteiger partial charge is 0.333 e. The first-order valence-electron chi connectivity index (χ1n) is 9.07. The van der Waals surface area contributed by atoms with Crippen molar-refractivity contribution in [1.82, 2.24) is 15.0 Å². The normalized spacial score (nSPS) is 11.1. The molecule has 2 heterocycles. The fourth-order valence-electron chi connectivity index (χ4n) is 2.80. The molecule has 1 amide bonds. The van der Waals surface area contributed by atoms with E-state index in [4.69, 9.17) is 0 Å². The summed E-state index contributed by atoms with van der Waals surface area (Å²) in [5.74, 6) is 0.982. The van der Waals surface area contributed by atoms with E-state index in [9.17, 15) is 4.79 Å². The van der Waals surface area contributed by atoms with E-state index in [2.05, 4.69) is 20.3 Å². The van der Waals surface area contributed by atoms with E-state index in [1.807, 2.05) is 49.8 Å². The van der Waals surface area contributed by atoms with E-state index in [-0.39, 0.29) is 5.91 Å². The second-order valence-corrected chi connectivity index (χ2v) is 8.99. The Morgan fingerprint density at radius 3 is 2.71 bits per heavy atom. The van der Waals surface area contributed by atoms with Gasteiger partial charge in [-0.05, 0) is 50.5 Å². The number of H-pyrrole nitrogens is 1. The standard InChI is InChI=1S/C20H24N4OS3/c1-13-12-16(26-2)18(19(21-13)27-3)24-17(25)10-6-7-11-28-20-22-14-8-4-5-9-15(14)23-20/h4-5,8-9,12H,6-7,10-11H2,1-3H3,(H,22,23)(H,24,25). The van der Waals surface area contributed by atoms with E-state index in [0.717, 1.165) is 56.1 Å². The van der Waals surface area contributed by atoms with Crippen LogP contribution in [0.1, 0.15) is 25.0 Å². The van der Waals surface area contributed by atoms with Gasteiger partial charge in [0.05, 0.1) is 16.7 Å². The predicted octanol–water partition coefficient (Wildman–Crippen LogP) is 5.61. The predicted molar refractivity (Wildman–Crippen MR) is 122 cm³/mol. The number of benzene rings is 1. The topological polar surface area (TPSA) is 70.7 Å². The molecule has 0 unspecified atom stereocenters. The molecule has 5 nitrogen and oxygen atoms in total. The maximum atomic E-state index is 12.4. The van der Waals surface area contributed by atoms with Crippen LogP contribution in [0.25, 0.3) is 11.0 Å². The van der Waals surface area contributed by atoms with Gasteiger partial charge in [0.2, 0.25) is 5.91 Å². The van der Waals surface area contributed by atoms with E-state index >= 15 is 0 Å². The molecule has 0 aliphatic carbocycles. The minimum atomic E-state index is 0.0463. The number of rotatable bonds is 9. The van der Waals surface area contributed by atoms with Gasteiger partial charge in [-0.3, -0.25) is 4.79 Å². The first-order chi connectivity index (χ1) is 13.6. The molecular weight excluding hydrogens is 408 g/mol. The number of hydrogen-bond acceptors (Lipinski definition) is 6. The Morgan fingerprint density at radius 1 is 1.14 bits per heavy atom. The summed E-state index contributed by atoms with van der Waals surface area (Å²) >= 11 is 4.89.